The summed E-state index contributed by atoms with van der Waals surface area (Å²) in [5, 5.41) is 0. The Hall–Kier alpha value is -2.51. The van der Waals surface area contributed by atoms with Gasteiger partial charge < -0.3 is 13.6 Å². The van der Waals surface area contributed by atoms with Gasteiger partial charge in [0.15, 0.2) is 0 Å². The second-order valence-corrected chi connectivity index (χ2v) is 31.8. The van der Waals surface area contributed by atoms with E-state index >= 15 is 0 Å². The highest BCUT2D eigenvalue weighted by molar-refractivity contribution is 7.43. The number of rotatable bonds is 60. The minimum Gasteiger partial charge on any atom is -0.408 e. The van der Waals surface area contributed by atoms with Crippen molar-refractivity contribution in [1.29, 1.82) is 0 Å². The Balaban J connectivity index is 2.85. The Labute approximate surface area is 589 Å². The van der Waals surface area contributed by atoms with Gasteiger partial charge in [0.1, 0.15) is 17.2 Å². The molecule has 542 valence electrons. The van der Waals surface area contributed by atoms with Crippen molar-refractivity contribution < 1.29 is 13.6 Å². The minimum absolute atomic E-state index is 0.582. The molecule has 3 aromatic rings. The van der Waals surface area contributed by atoms with Crippen LogP contribution in [0.2, 0.25) is 0 Å². The maximum Gasteiger partial charge on any atom is 0.530 e. The smallest absolute Gasteiger partial charge is 0.408 e. The van der Waals surface area contributed by atoms with Crippen LogP contribution in [0.25, 0.3) is 0 Å². The van der Waals surface area contributed by atoms with Crippen molar-refractivity contribution >= 4 is 8.60 Å². The molecule has 0 aliphatic carbocycles. The maximum atomic E-state index is 8.37. The average Bonchev–Trinajstić information content (AvgIpc) is 0.804. The minimum atomic E-state index is -2.04. The molecule has 0 saturated heterocycles. The van der Waals surface area contributed by atoms with Crippen LogP contribution < -0.4 is 13.6 Å². The fourth-order valence-corrected chi connectivity index (χ4v) is 17.0. The lowest BCUT2D eigenvalue weighted by atomic mass is 9.84. The third-order valence-electron chi connectivity index (χ3n) is 22.9. The first kappa shape index (κ1) is 85.7. The van der Waals surface area contributed by atoms with Gasteiger partial charge in [-0.05, 0) is 161 Å². The molecule has 0 spiro atoms. The molecule has 4 heteroatoms. The molecule has 0 N–H and O–H groups in total. The second kappa shape index (κ2) is 52.5. The first-order valence-electron chi connectivity index (χ1n) is 42.1. The van der Waals surface area contributed by atoms with E-state index < -0.39 is 8.60 Å². The van der Waals surface area contributed by atoms with E-state index in [1.54, 1.807) is 0 Å². The van der Waals surface area contributed by atoms with Gasteiger partial charge in [0.05, 0.1) is 0 Å². The fourth-order valence-electron chi connectivity index (χ4n) is 15.7. The summed E-state index contributed by atoms with van der Waals surface area (Å²) in [5.41, 5.74) is 13.1. The van der Waals surface area contributed by atoms with E-state index in [1.807, 2.05) is 0 Å². The van der Waals surface area contributed by atoms with E-state index in [-0.39, 0.29) is 0 Å². The molecule has 9 unspecified atom stereocenters. The topological polar surface area (TPSA) is 27.7 Å². The van der Waals surface area contributed by atoms with Gasteiger partial charge in [0.2, 0.25) is 0 Å². The van der Waals surface area contributed by atoms with Crippen molar-refractivity contribution in [3.8, 4) is 17.2 Å². The molecule has 0 fully saturated rings. The normalized spacial score (nSPS) is 15.1. The molecular formula is C90H159O3P. The number of hydrogen-bond donors (Lipinski definition) is 0. The van der Waals surface area contributed by atoms with Crippen molar-refractivity contribution in [2.45, 2.75) is 414 Å². The highest BCUT2D eigenvalue weighted by Gasteiger charge is 2.33. The van der Waals surface area contributed by atoms with Gasteiger partial charge in [-0.2, -0.15) is 0 Å². The van der Waals surface area contributed by atoms with Crippen molar-refractivity contribution in [3.05, 3.63) is 86.5 Å². The van der Waals surface area contributed by atoms with Crippen molar-refractivity contribution in [2.24, 2.45) is 53.3 Å². The molecule has 0 heterocycles. The standard InChI is InChI=1S/C90H159O3P/c1-19-37-46-70(28-10)55-79-64-82(58-73(31-13)49-40-22-4)88(83(65-79)59-74(32-14)50-41-23-5)91-94(92-89-84(60-75(33-15)51-42-24-6)66-80(56-71(29-11)47-38-20-2)67-85(89)61-76(34-16)52-43-25-7)93-90-86(62-77(35-17)53-44-26-8)68-81(57-72(30-12)48-39-21-3)69-87(90)63-78(36-18)54-45-27-9/h64-78H,19-63H2,1-18H3. The summed E-state index contributed by atoms with van der Waals surface area (Å²) < 4.78 is 25.1. The Bertz CT molecular complexity index is 1960. The van der Waals surface area contributed by atoms with Gasteiger partial charge in [-0.3, -0.25) is 0 Å². The van der Waals surface area contributed by atoms with E-state index in [4.69, 9.17) is 13.6 Å². The molecule has 0 saturated carbocycles. The first-order chi connectivity index (χ1) is 45.8. The molecule has 3 rings (SSSR count). The molecule has 94 heavy (non-hydrogen) atoms. The molecule has 0 amide bonds. The molecule has 3 nitrogen and oxygen atoms in total. The lowest BCUT2D eigenvalue weighted by molar-refractivity contribution is 0.360. The van der Waals surface area contributed by atoms with Gasteiger partial charge in [0.25, 0.3) is 0 Å². The summed E-state index contributed by atoms with van der Waals surface area (Å²) in [4.78, 5) is 0. The van der Waals surface area contributed by atoms with Crippen LogP contribution in [0, 0.1) is 53.3 Å². The summed E-state index contributed by atoms with van der Waals surface area (Å²) in [5.74, 6) is 8.86. The quantitative estimate of drug-likeness (QED) is 0.0527. The van der Waals surface area contributed by atoms with Gasteiger partial charge in [-0.25, -0.2) is 0 Å². The van der Waals surface area contributed by atoms with Crippen LogP contribution in [0.4, 0.5) is 0 Å². The largest absolute Gasteiger partial charge is 0.530 e. The third-order valence-corrected chi connectivity index (χ3v) is 23.9. The van der Waals surface area contributed by atoms with Crippen LogP contribution >= 0.6 is 8.60 Å². The zero-order chi connectivity index (χ0) is 68.9. The molecular weight excluding hydrogens is 1160 g/mol. The van der Waals surface area contributed by atoms with Gasteiger partial charge in [-0.1, -0.05) is 392 Å². The second-order valence-electron chi connectivity index (χ2n) is 30.8. The highest BCUT2D eigenvalue weighted by Crippen LogP contribution is 2.51. The van der Waals surface area contributed by atoms with Crippen LogP contribution in [0.1, 0.15) is 406 Å². The van der Waals surface area contributed by atoms with Gasteiger partial charge >= 0.3 is 8.60 Å². The number of benzene rings is 3. The van der Waals surface area contributed by atoms with Crippen molar-refractivity contribution in [2.75, 3.05) is 0 Å². The summed E-state index contributed by atoms with van der Waals surface area (Å²) in [6.07, 6.45) is 54.5. The van der Waals surface area contributed by atoms with E-state index in [0.717, 1.165) is 75.0 Å². The molecule has 0 aliphatic rings. The van der Waals surface area contributed by atoms with Crippen LogP contribution in [0.5, 0.6) is 17.2 Å². The lowest BCUT2D eigenvalue weighted by Crippen LogP contribution is -2.16. The monoisotopic (exact) mass is 1320 g/mol. The zero-order valence-electron chi connectivity index (χ0n) is 66.2. The summed E-state index contributed by atoms with van der Waals surface area (Å²) in [6, 6.07) is 16.0. The molecule has 0 aromatic heterocycles. The van der Waals surface area contributed by atoms with E-state index in [2.05, 4.69) is 161 Å². The van der Waals surface area contributed by atoms with Crippen molar-refractivity contribution in [3.63, 3.8) is 0 Å². The first-order valence-corrected chi connectivity index (χ1v) is 43.2. The Morgan fingerprint density at radius 3 is 0.479 bits per heavy atom. The van der Waals surface area contributed by atoms with Gasteiger partial charge in [-0.15, -0.1) is 0 Å². The predicted octanol–water partition coefficient (Wildman–Crippen LogP) is 30.3. The molecule has 3 aromatic carbocycles. The third kappa shape index (κ3) is 32.2. The summed E-state index contributed by atoms with van der Waals surface area (Å²) >= 11 is 0. The molecule has 9 atom stereocenters. The fraction of sp³-hybridized carbons (Fsp3) is 0.800. The van der Waals surface area contributed by atoms with Crippen LogP contribution in [-0.4, -0.2) is 0 Å². The molecule has 0 radical (unpaired) electrons. The van der Waals surface area contributed by atoms with Crippen LogP contribution in [0.15, 0.2) is 36.4 Å². The van der Waals surface area contributed by atoms with E-state index in [1.165, 1.54) is 281 Å². The van der Waals surface area contributed by atoms with E-state index in [0.29, 0.717) is 53.3 Å². The predicted molar refractivity (Wildman–Crippen MR) is 421 cm³/mol. The van der Waals surface area contributed by atoms with Crippen molar-refractivity contribution in [1.82, 2.24) is 0 Å². The highest BCUT2D eigenvalue weighted by atomic mass is 31.2. The molecule has 0 bridgehead atoms. The van der Waals surface area contributed by atoms with Gasteiger partial charge in [0, 0.05) is 0 Å². The summed E-state index contributed by atoms with van der Waals surface area (Å²) in [7, 11) is -2.04. The summed E-state index contributed by atoms with van der Waals surface area (Å²) in [6.45, 7) is 43.5. The zero-order valence-corrected chi connectivity index (χ0v) is 67.0. The van der Waals surface area contributed by atoms with Crippen LogP contribution in [0.3, 0.4) is 0 Å². The average molecular weight is 1320 g/mol. The lowest BCUT2D eigenvalue weighted by Gasteiger charge is -2.30. The Morgan fingerprint density at radius 2 is 0.351 bits per heavy atom. The number of unbranched alkanes of at least 4 members (excludes halogenated alkanes) is 9. The molecule has 0 aliphatic heterocycles. The number of hydrogen-bond acceptors (Lipinski definition) is 3. The Morgan fingerprint density at radius 1 is 0.213 bits per heavy atom. The Kier molecular flexibility index (Phi) is 47.9. The maximum absolute atomic E-state index is 8.37. The van der Waals surface area contributed by atoms with E-state index in [9.17, 15) is 0 Å². The SMILES string of the molecule is CCCCC(CC)Cc1cc(CC(CC)CCCC)c(OP(Oc2c(CC(CC)CCCC)cc(CC(CC)CCCC)cc2CC(CC)CCCC)Oc2c(CC(CC)CCCC)cc(CC(CC)CCCC)cc2CC(CC)CCCC)c(CC(CC)CCCC)c1. The van der Waals surface area contributed by atoms with Crippen LogP contribution in [-0.2, 0) is 57.8 Å².